The van der Waals surface area contributed by atoms with Crippen molar-refractivity contribution in [3.05, 3.63) is 61.2 Å². The number of halogens is 1. The van der Waals surface area contributed by atoms with Gasteiger partial charge in [-0.2, -0.15) is 0 Å². The lowest BCUT2D eigenvalue weighted by Gasteiger charge is -2.39. The number of alkyl halides is 1. The van der Waals surface area contributed by atoms with Crippen LogP contribution in [0.4, 0.5) is 0 Å². The Morgan fingerprint density at radius 1 is 1.23 bits per heavy atom. The fourth-order valence-electron chi connectivity index (χ4n) is 6.67. The van der Waals surface area contributed by atoms with Gasteiger partial charge in [0.2, 0.25) is 17.7 Å². The van der Waals surface area contributed by atoms with E-state index in [1.807, 2.05) is 32.0 Å². The van der Waals surface area contributed by atoms with Crippen molar-refractivity contribution in [1.82, 2.24) is 15.1 Å². The fraction of sp³-hybridized carbons (Fsp3) is 0.562. The molecule has 3 saturated heterocycles. The van der Waals surface area contributed by atoms with Crippen molar-refractivity contribution in [1.29, 1.82) is 0 Å². The molecule has 0 aromatic heterocycles. The van der Waals surface area contributed by atoms with Crippen LogP contribution in [0, 0.1) is 11.8 Å². The minimum Gasteiger partial charge on any atom is -0.455 e. The number of carbonyl (C=O) groups is 4. The predicted octanol–water partition coefficient (Wildman–Crippen LogP) is 2.91. The highest BCUT2D eigenvalue weighted by Gasteiger charge is 2.77. The number of nitrogens with zero attached hydrogens (tertiary/aromatic N) is 2. The first-order chi connectivity index (χ1) is 20.5. The van der Waals surface area contributed by atoms with Crippen LogP contribution in [0.3, 0.4) is 0 Å². The minimum absolute atomic E-state index is 0.0468. The molecule has 3 fully saturated rings. The monoisotopic (exact) mass is 659 g/mol. The molecule has 3 heterocycles. The number of amides is 3. The lowest BCUT2D eigenvalue weighted by atomic mass is 9.70. The van der Waals surface area contributed by atoms with Gasteiger partial charge < -0.3 is 29.7 Å². The van der Waals surface area contributed by atoms with Crippen LogP contribution in [0.5, 0.6) is 0 Å². The van der Waals surface area contributed by atoms with Crippen molar-refractivity contribution in [2.75, 3.05) is 19.7 Å². The molecule has 8 atom stereocenters. The Bertz CT molecular complexity index is 1230. The SMILES string of the molecule is C=CCCC(=O)NC[C@H](OC(=O)[C@@H]1[C@H]2O[C@@]3(CC2Br)[C@H](C(=O)N(CC=C)C(C)C)N([C@H](C)CO)C(=O)[C@@H]13)c1ccccc1. The summed E-state index contributed by atoms with van der Waals surface area (Å²) in [5, 5.41) is 12.9. The summed E-state index contributed by atoms with van der Waals surface area (Å²) in [4.78, 5) is 57.5. The topological polar surface area (TPSA) is 125 Å². The normalized spacial score (nSPS) is 28.7. The molecule has 234 valence electrons. The van der Waals surface area contributed by atoms with Gasteiger partial charge in [-0.05, 0) is 39.2 Å². The van der Waals surface area contributed by atoms with Crippen LogP contribution in [-0.4, -0.2) is 93.0 Å². The predicted molar refractivity (Wildman–Crippen MR) is 164 cm³/mol. The summed E-state index contributed by atoms with van der Waals surface area (Å²) >= 11 is 3.67. The number of aliphatic hydroxyl groups is 1. The molecule has 1 spiro atoms. The molecule has 2 bridgehead atoms. The average molecular weight is 661 g/mol. The number of hydrogen-bond acceptors (Lipinski definition) is 7. The summed E-state index contributed by atoms with van der Waals surface area (Å²) < 4.78 is 12.6. The molecule has 0 radical (unpaired) electrons. The van der Waals surface area contributed by atoms with Crippen LogP contribution >= 0.6 is 15.9 Å². The van der Waals surface area contributed by atoms with Crippen LogP contribution < -0.4 is 5.32 Å². The van der Waals surface area contributed by atoms with Crippen LogP contribution in [0.15, 0.2) is 55.6 Å². The zero-order chi connectivity index (χ0) is 31.5. The van der Waals surface area contributed by atoms with Gasteiger partial charge in [0.1, 0.15) is 17.7 Å². The molecule has 1 unspecified atom stereocenters. The van der Waals surface area contributed by atoms with Gasteiger partial charge in [0.15, 0.2) is 0 Å². The Labute approximate surface area is 261 Å². The molecule has 43 heavy (non-hydrogen) atoms. The van der Waals surface area contributed by atoms with E-state index >= 15 is 0 Å². The molecule has 11 heteroatoms. The highest BCUT2D eigenvalue weighted by atomic mass is 79.9. The van der Waals surface area contributed by atoms with E-state index in [9.17, 15) is 24.3 Å². The Morgan fingerprint density at radius 3 is 2.53 bits per heavy atom. The van der Waals surface area contributed by atoms with E-state index in [4.69, 9.17) is 9.47 Å². The Hall–Kier alpha value is -3.02. The molecule has 10 nitrogen and oxygen atoms in total. The molecular weight excluding hydrogens is 618 g/mol. The number of nitrogens with one attached hydrogen (secondary N) is 1. The highest BCUT2D eigenvalue weighted by Crippen LogP contribution is 2.60. The summed E-state index contributed by atoms with van der Waals surface area (Å²) in [5.74, 6) is -3.54. The number of hydrogen-bond donors (Lipinski definition) is 2. The van der Waals surface area contributed by atoms with Crippen molar-refractivity contribution in [3.8, 4) is 0 Å². The first-order valence-electron chi connectivity index (χ1n) is 14.8. The van der Waals surface area contributed by atoms with E-state index in [0.717, 1.165) is 0 Å². The van der Waals surface area contributed by atoms with E-state index in [2.05, 4.69) is 34.4 Å². The second-order valence-corrected chi connectivity index (χ2v) is 13.0. The molecule has 4 rings (SSSR count). The van der Waals surface area contributed by atoms with Crippen LogP contribution in [-0.2, 0) is 28.7 Å². The minimum atomic E-state index is -1.28. The number of esters is 1. The Balaban J connectivity index is 1.67. The number of rotatable bonds is 14. The van der Waals surface area contributed by atoms with Crippen molar-refractivity contribution in [3.63, 3.8) is 0 Å². The maximum Gasteiger partial charge on any atom is 0.313 e. The third-order valence-corrected chi connectivity index (χ3v) is 9.54. The maximum absolute atomic E-state index is 14.2. The fourth-order valence-corrected chi connectivity index (χ4v) is 7.61. The van der Waals surface area contributed by atoms with E-state index in [-0.39, 0.29) is 48.8 Å². The van der Waals surface area contributed by atoms with Crippen LogP contribution in [0.2, 0.25) is 0 Å². The van der Waals surface area contributed by atoms with Gasteiger partial charge >= 0.3 is 5.97 Å². The zero-order valence-corrected chi connectivity index (χ0v) is 26.6. The van der Waals surface area contributed by atoms with E-state index in [0.29, 0.717) is 18.4 Å². The Morgan fingerprint density at radius 2 is 1.93 bits per heavy atom. The van der Waals surface area contributed by atoms with Crippen LogP contribution in [0.25, 0.3) is 0 Å². The molecule has 3 aliphatic heterocycles. The van der Waals surface area contributed by atoms with Crippen LogP contribution in [0.1, 0.15) is 51.7 Å². The smallest absolute Gasteiger partial charge is 0.313 e. The van der Waals surface area contributed by atoms with Crippen molar-refractivity contribution >= 4 is 39.6 Å². The van der Waals surface area contributed by atoms with E-state index in [1.54, 1.807) is 36.1 Å². The van der Waals surface area contributed by atoms with Crippen molar-refractivity contribution < 1.29 is 33.8 Å². The van der Waals surface area contributed by atoms with Gasteiger partial charge in [0.25, 0.3) is 0 Å². The van der Waals surface area contributed by atoms with Gasteiger partial charge in [0.05, 0.1) is 37.1 Å². The van der Waals surface area contributed by atoms with Gasteiger partial charge in [0, 0.05) is 23.8 Å². The van der Waals surface area contributed by atoms with Crippen molar-refractivity contribution in [2.45, 2.75) is 80.8 Å². The number of benzene rings is 1. The highest BCUT2D eigenvalue weighted by molar-refractivity contribution is 9.09. The lowest BCUT2D eigenvalue weighted by Crippen LogP contribution is -2.59. The van der Waals surface area contributed by atoms with Gasteiger partial charge in [-0.3, -0.25) is 19.2 Å². The lowest BCUT2D eigenvalue weighted by molar-refractivity contribution is -0.161. The average Bonchev–Trinajstić information content (AvgIpc) is 3.59. The summed E-state index contributed by atoms with van der Waals surface area (Å²) in [7, 11) is 0. The molecular formula is C32H42BrN3O7. The number of likely N-dealkylation sites (tertiary alicyclic amines) is 1. The molecule has 2 N–H and O–H groups in total. The summed E-state index contributed by atoms with van der Waals surface area (Å²) in [6.45, 7) is 12.8. The Kier molecular flexibility index (Phi) is 10.5. The van der Waals surface area contributed by atoms with E-state index in [1.165, 1.54) is 4.90 Å². The molecule has 0 aliphatic carbocycles. The first kappa shape index (κ1) is 32.9. The quantitative estimate of drug-likeness (QED) is 0.179. The van der Waals surface area contributed by atoms with Gasteiger partial charge in [-0.1, -0.05) is 58.4 Å². The molecule has 3 amide bonds. The summed E-state index contributed by atoms with van der Waals surface area (Å²) in [6.07, 6.45) is 2.89. The van der Waals surface area contributed by atoms with Crippen molar-refractivity contribution in [2.24, 2.45) is 11.8 Å². The largest absolute Gasteiger partial charge is 0.455 e. The van der Waals surface area contributed by atoms with E-state index < -0.39 is 53.6 Å². The number of fused-ring (bicyclic) bond motifs is 1. The van der Waals surface area contributed by atoms with Gasteiger partial charge in [-0.25, -0.2) is 0 Å². The molecule has 1 aromatic carbocycles. The maximum atomic E-state index is 14.2. The number of ether oxygens (including phenoxy) is 2. The first-order valence-corrected chi connectivity index (χ1v) is 15.7. The third kappa shape index (κ3) is 6.17. The second-order valence-electron chi connectivity index (χ2n) is 11.8. The zero-order valence-electron chi connectivity index (χ0n) is 25.0. The third-order valence-electron chi connectivity index (χ3n) is 8.69. The molecule has 1 aromatic rings. The summed E-state index contributed by atoms with van der Waals surface area (Å²) in [6, 6.07) is 7.17. The number of allylic oxidation sites excluding steroid dienone is 1. The number of carbonyl (C=O) groups excluding carboxylic acids is 4. The molecule has 0 saturated carbocycles. The summed E-state index contributed by atoms with van der Waals surface area (Å²) in [5.41, 5.74) is -0.595. The van der Waals surface area contributed by atoms with Gasteiger partial charge in [-0.15, -0.1) is 13.2 Å². The second kappa shape index (κ2) is 13.7. The number of aliphatic hydroxyl groups excluding tert-OH is 1. The standard InChI is InChI=1S/C32H42BrN3O7/c1-6-8-14-24(38)34-17-23(21-12-10-9-11-13-21)42-31(41)25-26-29(39)36(20(5)18-37)28(30(40)35(15-7-2)19(3)4)32(26)16-22(33)27(25)43-32/h6-7,9-13,19-20,22-23,25-28,37H,1-2,8,14-18H2,3-5H3,(H,34,38)/t20-,22?,23+,25+,26-,27+,28+,32-/m1/s1. The molecule has 3 aliphatic rings.